The van der Waals surface area contributed by atoms with E-state index >= 15 is 0 Å². The lowest BCUT2D eigenvalue weighted by Crippen LogP contribution is -2.25. The second-order valence-corrected chi connectivity index (χ2v) is 10.5. The van der Waals surface area contributed by atoms with Gasteiger partial charge in [-0.1, -0.05) is 37.7 Å². The fourth-order valence-corrected chi connectivity index (χ4v) is 5.99. The molecule has 0 fully saturated rings. The quantitative estimate of drug-likeness (QED) is 0.392. The summed E-state index contributed by atoms with van der Waals surface area (Å²) in [5.74, 6) is 0.381. The fraction of sp³-hybridized carbons (Fsp3) is 0.417. The third kappa shape index (κ3) is 4.74. The van der Waals surface area contributed by atoms with Gasteiger partial charge in [-0.25, -0.2) is 4.98 Å². The van der Waals surface area contributed by atoms with Crippen molar-refractivity contribution in [2.24, 2.45) is 5.92 Å². The maximum absolute atomic E-state index is 13.1. The summed E-state index contributed by atoms with van der Waals surface area (Å²) < 4.78 is 1.69. The van der Waals surface area contributed by atoms with Crippen molar-refractivity contribution in [3.8, 4) is 6.07 Å². The SMILES string of the molecule is CC(C)CCn1c(SCC(=O)Nc2sc3c(c2C#N)CCCC3)nc2ccccc2c1=O. The van der Waals surface area contributed by atoms with Crippen LogP contribution in [0.3, 0.4) is 0 Å². The molecule has 3 aromatic rings. The van der Waals surface area contributed by atoms with Gasteiger partial charge in [0.15, 0.2) is 5.16 Å². The van der Waals surface area contributed by atoms with Gasteiger partial charge < -0.3 is 5.32 Å². The number of aryl methyl sites for hydroxylation is 1. The van der Waals surface area contributed by atoms with Crippen LogP contribution in [-0.2, 0) is 24.2 Å². The Labute approximate surface area is 195 Å². The second-order valence-electron chi connectivity index (χ2n) is 8.41. The van der Waals surface area contributed by atoms with Crippen LogP contribution in [0.25, 0.3) is 10.9 Å². The second kappa shape index (κ2) is 9.88. The van der Waals surface area contributed by atoms with E-state index in [2.05, 4.69) is 30.2 Å². The summed E-state index contributed by atoms with van der Waals surface area (Å²) in [5.41, 5.74) is 2.28. The Morgan fingerprint density at radius 1 is 1.31 bits per heavy atom. The fourth-order valence-electron chi connectivity index (χ4n) is 3.91. The zero-order valence-electron chi connectivity index (χ0n) is 18.3. The van der Waals surface area contributed by atoms with Gasteiger partial charge in [-0.3, -0.25) is 14.2 Å². The number of carbonyl (C=O) groups excluding carboxylic acids is 1. The topological polar surface area (TPSA) is 87.8 Å². The number of fused-ring (bicyclic) bond motifs is 2. The standard InChI is InChI=1S/C24H26N4O2S2/c1-15(2)11-12-28-23(30)17-8-3-5-9-19(17)26-24(28)31-14-21(29)27-22-18(13-25)16-7-4-6-10-20(16)32-22/h3,5,8-9,15H,4,6-7,10-12,14H2,1-2H3,(H,27,29). The van der Waals surface area contributed by atoms with Crippen LogP contribution in [0.15, 0.2) is 34.2 Å². The summed E-state index contributed by atoms with van der Waals surface area (Å²) in [6.45, 7) is 4.80. The molecule has 1 aromatic carbocycles. The van der Waals surface area contributed by atoms with E-state index in [0.29, 0.717) is 39.1 Å². The summed E-state index contributed by atoms with van der Waals surface area (Å²) in [7, 11) is 0. The number of carbonyl (C=O) groups is 1. The van der Waals surface area contributed by atoms with Gasteiger partial charge in [0.1, 0.15) is 11.1 Å². The van der Waals surface area contributed by atoms with Gasteiger partial charge in [0.05, 0.1) is 22.2 Å². The highest BCUT2D eigenvalue weighted by molar-refractivity contribution is 7.99. The van der Waals surface area contributed by atoms with Crippen molar-refractivity contribution >= 4 is 44.9 Å². The van der Waals surface area contributed by atoms with E-state index in [1.807, 2.05) is 18.2 Å². The number of hydrogen-bond donors (Lipinski definition) is 1. The van der Waals surface area contributed by atoms with Crippen molar-refractivity contribution in [3.05, 3.63) is 50.6 Å². The van der Waals surface area contributed by atoms with Crippen LogP contribution in [0, 0.1) is 17.2 Å². The molecule has 0 saturated heterocycles. The van der Waals surface area contributed by atoms with E-state index in [-0.39, 0.29) is 17.2 Å². The summed E-state index contributed by atoms with van der Waals surface area (Å²) in [6.07, 6.45) is 4.95. The lowest BCUT2D eigenvalue weighted by Gasteiger charge is -2.14. The molecule has 1 N–H and O–H groups in total. The molecule has 0 spiro atoms. The predicted octanol–water partition coefficient (Wildman–Crippen LogP) is 4.99. The molecule has 4 rings (SSSR count). The minimum atomic E-state index is -0.192. The van der Waals surface area contributed by atoms with Gasteiger partial charge >= 0.3 is 0 Å². The number of amides is 1. The Bertz CT molecular complexity index is 1250. The minimum Gasteiger partial charge on any atom is -0.316 e. The molecule has 0 aliphatic heterocycles. The molecular weight excluding hydrogens is 440 g/mol. The zero-order valence-corrected chi connectivity index (χ0v) is 19.9. The van der Waals surface area contributed by atoms with Crippen molar-refractivity contribution in [1.29, 1.82) is 5.26 Å². The number of hydrogen-bond acceptors (Lipinski definition) is 6. The highest BCUT2D eigenvalue weighted by Crippen LogP contribution is 2.37. The van der Waals surface area contributed by atoms with E-state index in [4.69, 9.17) is 0 Å². The molecule has 1 aliphatic carbocycles. The van der Waals surface area contributed by atoms with Crippen LogP contribution in [0.4, 0.5) is 5.00 Å². The molecule has 2 aromatic heterocycles. The highest BCUT2D eigenvalue weighted by Gasteiger charge is 2.22. The monoisotopic (exact) mass is 466 g/mol. The Balaban J connectivity index is 1.54. The number of para-hydroxylation sites is 1. The summed E-state index contributed by atoms with van der Waals surface area (Å²) in [4.78, 5) is 31.7. The first-order chi connectivity index (χ1) is 15.5. The maximum atomic E-state index is 13.1. The molecule has 0 atom stereocenters. The number of nitrogens with zero attached hydrogens (tertiary/aromatic N) is 3. The Hall–Kier alpha value is -2.63. The first kappa shape index (κ1) is 22.6. The normalized spacial score (nSPS) is 13.2. The molecule has 166 valence electrons. The molecule has 0 bridgehead atoms. The van der Waals surface area contributed by atoms with Gasteiger partial charge in [-0.05, 0) is 55.7 Å². The van der Waals surface area contributed by atoms with Crippen LogP contribution >= 0.6 is 23.1 Å². The number of aromatic nitrogens is 2. The van der Waals surface area contributed by atoms with E-state index in [1.165, 1.54) is 28.0 Å². The number of nitrogens with one attached hydrogen (secondary N) is 1. The van der Waals surface area contributed by atoms with E-state index in [9.17, 15) is 14.9 Å². The van der Waals surface area contributed by atoms with E-state index in [0.717, 1.165) is 37.7 Å². The smallest absolute Gasteiger partial charge is 0.262 e. The third-order valence-corrected chi connectivity index (χ3v) is 7.81. The van der Waals surface area contributed by atoms with Crippen LogP contribution in [0.5, 0.6) is 0 Å². The molecule has 8 heteroatoms. The Kier molecular flexibility index (Phi) is 6.97. The van der Waals surface area contributed by atoms with Crippen molar-refractivity contribution in [3.63, 3.8) is 0 Å². The Morgan fingerprint density at radius 2 is 2.09 bits per heavy atom. The maximum Gasteiger partial charge on any atom is 0.262 e. The molecule has 32 heavy (non-hydrogen) atoms. The largest absolute Gasteiger partial charge is 0.316 e. The van der Waals surface area contributed by atoms with E-state index in [1.54, 1.807) is 10.6 Å². The van der Waals surface area contributed by atoms with Crippen LogP contribution in [0.1, 0.15) is 49.1 Å². The van der Waals surface area contributed by atoms with Gasteiger partial charge in [-0.2, -0.15) is 5.26 Å². The average Bonchev–Trinajstić information content (AvgIpc) is 3.13. The number of nitriles is 1. The van der Waals surface area contributed by atoms with Crippen molar-refractivity contribution < 1.29 is 4.79 Å². The number of rotatable bonds is 7. The minimum absolute atomic E-state index is 0.0724. The predicted molar refractivity (Wildman–Crippen MR) is 130 cm³/mol. The van der Waals surface area contributed by atoms with Crippen LogP contribution < -0.4 is 10.9 Å². The summed E-state index contributed by atoms with van der Waals surface area (Å²) >= 11 is 2.79. The lowest BCUT2D eigenvalue weighted by atomic mass is 9.96. The number of benzene rings is 1. The lowest BCUT2D eigenvalue weighted by molar-refractivity contribution is -0.113. The highest BCUT2D eigenvalue weighted by atomic mass is 32.2. The molecular formula is C24H26N4O2S2. The third-order valence-electron chi connectivity index (χ3n) is 5.63. The van der Waals surface area contributed by atoms with E-state index < -0.39 is 0 Å². The molecule has 6 nitrogen and oxygen atoms in total. The molecule has 0 saturated carbocycles. The molecule has 2 heterocycles. The van der Waals surface area contributed by atoms with Crippen molar-refractivity contribution in [2.45, 2.75) is 57.7 Å². The number of thiophene rings is 1. The average molecular weight is 467 g/mol. The van der Waals surface area contributed by atoms with Gasteiger partial charge in [0.2, 0.25) is 5.91 Å². The van der Waals surface area contributed by atoms with Crippen LogP contribution in [0.2, 0.25) is 0 Å². The molecule has 1 aliphatic rings. The summed E-state index contributed by atoms with van der Waals surface area (Å²) in [5, 5.41) is 14.3. The van der Waals surface area contributed by atoms with Crippen LogP contribution in [-0.4, -0.2) is 21.2 Å². The molecule has 0 unspecified atom stereocenters. The van der Waals surface area contributed by atoms with Gasteiger partial charge in [0, 0.05) is 11.4 Å². The number of thioether (sulfide) groups is 1. The van der Waals surface area contributed by atoms with Gasteiger partial charge in [-0.15, -0.1) is 11.3 Å². The molecule has 1 amide bonds. The Morgan fingerprint density at radius 3 is 2.88 bits per heavy atom. The summed E-state index contributed by atoms with van der Waals surface area (Å²) in [6, 6.07) is 9.59. The van der Waals surface area contributed by atoms with Crippen molar-refractivity contribution in [2.75, 3.05) is 11.1 Å². The van der Waals surface area contributed by atoms with Gasteiger partial charge in [0.25, 0.3) is 5.56 Å². The number of anilines is 1. The van der Waals surface area contributed by atoms with Crippen molar-refractivity contribution in [1.82, 2.24) is 9.55 Å². The zero-order chi connectivity index (χ0) is 22.7. The molecule has 0 radical (unpaired) electrons. The first-order valence-corrected chi connectivity index (χ1v) is 12.7. The first-order valence-electron chi connectivity index (χ1n) is 10.9.